The largest absolute Gasteiger partial charge is 0.506 e. The molecule has 1 aromatic carbocycles. The molecule has 2 aliphatic heterocycles. The molecule has 12 heteroatoms. The number of ether oxygens (including phenoxy) is 3. The molecule has 0 aromatic heterocycles. The predicted octanol–water partition coefficient (Wildman–Crippen LogP) is 4.07. The van der Waals surface area contributed by atoms with Crippen molar-refractivity contribution >= 4 is 23.4 Å². The van der Waals surface area contributed by atoms with Crippen LogP contribution in [0.25, 0.3) is 0 Å². The Hall–Kier alpha value is -3.58. The number of rotatable bonds is 7. The maximum Gasteiger partial charge on any atom is 0.405 e. The molecular formula is C34H52N4O8. The first-order chi connectivity index (χ1) is 21.9. The number of primary amides is 1. The Balaban J connectivity index is 2.04. The van der Waals surface area contributed by atoms with Gasteiger partial charge in [0.1, 0.15) is 17.6 Å². The second-order valence-corrected chi connectivity index (χ2v) is 12.4. The fourth-order valence-corrected chi connectivity index (χ4v) is 6.15. The van der Waals surface area contributed by atoms with Crippen LogP contribution >= 0.6 is 0 Å². The first-order valence-corrected chi connectivity index (χ1v) is 15.9. The van der Waals surface area contributed by atoms with Crippen LogP contribution in [0.15, 0.2) is 41.5 Å². The van der Waals surface area contributed by atoms with Crippen molar-refractivity contribution in [3.63, 3.8) is 0 Å². The van der Waals surface area contributed by atoms with E-state index >= 15 is 0 Å². The van der Waals surface area contributed by atoms with Crippen molar-refractivity contribution in [1.82, 2.24) is 4.90 Å². The number of phenols is 2. The maximum atomic E-state index is 13.2. The van der Waals surface area contributed by atoms with Crippen molar-refractivity contribution in [3.05, 3.63) is 47.1 Å². The van der Waals surface area contributed by atoms with Gasteiger partial charge in [-0.1, -0.05) is 38.2 Å². The number of allylic oxidation sites excluding steroid dienone is 2. The summed E-state index contributed by atoms with van der Waals surface area (Å²) in [6, 6.07) is 1.34. The van der Waals surface area contributed by atoms with Crippen molar-refractivity contribution in [2.75, 3.05) is 51.0 Å². The van der Waals surface area contributed by atoms with Gasteiger partial charge in [0.25, 0.3) is 5.91 Å². The molecule has 0 aliphatic carbocycles. The van der Waals surface area contributed by atoms with Crippen LogP contribution in [0, 0.1) is 11.8 Å². The number of anilines is 2. The summed E-state index contributed by atoms with van der Waals surface area (Å²) in [5, 5.41) is 40.0. The van der Waals surface area contributed by atoms with Gasteiger partial charge in [-0.2, -0.15) is 0 Å². The monoisotopic (exact) mass is 644 g/mol. The lowest BCUT2D eigenvalue weighted by Crippen LogP contribution is -2.37. The first-order valence-electron chi connectivity index (χ1n) is 15.9. The lowest BCUT2D eigenvalue weighted by atomic mass is 9.87. The van der Waals surface area contributed by atoms with Gasteiger partial charge in [0.05, 0.1) is 23.6 Å². The van der Waals surface area contributed by atoms with Gasteiger partial charge >= 0.3 is 6.09 Å². The highest BCUT2D eigenvalue weighted by Crippen LogP contribution is 2.42. The van der Waals surface area contributed by atoms with Crippen LogP contribution in [0.4, 0.5) is 16.2 Å². The van der Waals surface area contributed by atoms with Crippen molar-refractivity contribution in [2.24, 2.45) is 17.6 Å². The number of fused-ring (bicyclic) bond motifs is 2. The van der Waals surface area contributed by atoms with Gasteiger partial charge in [0.15, 0.2) is 6.10 Å². The molecule has 2 heterocycles. The topological polar surface area (TPSA) is 176 Å². The third-order valence-corrected chi connectivity index (χ3v) is 8.76. The number of methoxy groups -OCH3 is 2. The fourth-order valence-electron chi connectivity index (χ4n) is 6.15. The quantitative estimate of drug-likeness (QED) is 0.144. The molecule has 1 aromatic rings. The van der Waals surface area contributed by atoms with Gasteiger partial charge < -0.3 is 50.8 Å². The molecule has 1 saturated heterocycles. The van der Waals surface area contributed by atoms with Gasteiger partial charge in [-0.3, -0.25) is 4.79 Å². The predicted molar refractivity (Wildman–Crippen MR) is 178 cm³/mol. The summed E-state index contributed by atoms with van der Waals surface area (Å²) in [5.41, 5.74) is 7.25. The van der Waals surface area contributed by atoms with E-state index in [-0.39, 0.29) is 23.1 Å². The Morgan fingerprint density at radius 2 is 1.85 bits per heavy atom. The Kier molecular flexibility index (Phi) is 13.9. The second-order valence-electron chi connectivity index (χ2n) is 12.4. The number of aliphatic hydroxyl groups excluding tert-OH is 1. The molecule has 0 radical (unpaired) electrons. The first kappa shape index (κ1) is 36.9. The molecule has 12 nitrogen and oxygen atoms in total. The summed E-state index contributed by atoms with van der Waals surface area (Å²) in [7, 11) is 2.99. The average molecular weight is 645 g/mol. The number of nitrogens with zero attached hydrogens (tertiary/aromatic N) is 1. The van der Waals surface area contributed by atoms with E-state index in [1.54, 1.807) is 38.2 Å². The SMILES string of the molecule is CO[C@H]1/C=C\C=C(/C)C(=O)Nc2cc(O)c(NCCN3CCCC3)c(c2O)C[C@@H](C)C[C@H](OC)[C@H](O)[C@@H](C)/C=C(\C)[C@@H]1OC(N)=O. The number of carbonyl (C=O) groups is 2. The smallest absolute Gasteiger partial charge is 0.405 e. The molecule has 46 heavy (non-hydrogen) atoms. The van der Waals surface area contributed by atoms with Crippen molar-refractivity contribution < 1.29 is 39.1 Å². The molecule has 6 atom stereocenters. The van der Waals surface area contributed by atoms with E-state index in [0.717, 1.165) is 19.6 Å². The Morgan fingerprint density at radius 1 is 1.15 bits per heavy atom. The van der Waals surface area contributed by atoms with Crippen LogP contribution in [0.5, 0.6) is 11.5 Å². The summed E-state index contributed by atoms with van der Waals surface area (Å²) in [5.74, 6) is -1.26. The molecule has 0 unspecified atom stereocenters. The van der Waals surface area contributed by atoms with Crippen molar-refractivity contribution in [3.8, 4) is 11.5 Å². The minimum Gasteiger partial charge on any atom is -0.506 e. The highest BCUT2D eigenvalue weighted by Gasteiger charge is 2.30. The van der Waals surface area contributed by atoms with Gasteiger partial charge in [-0.05, 0) is 64.1 Å². The Labute approximate surface area is 272 Å². The molecule has 256 valence electrons. The number of aromatic hydroxyl groups is 2. The van der Waals surface area contributed by atoms with E-state index in [9.17, 15) is 24.9 Å². The minimum atomic E-state index is -0.982. The van der Waals surface area contributed by atoms with Crippen molar-refractivity contribution in [2.45, 2.75) is 77.8 Å². The summed E-state index contributed by atoms with van der Waals surface area (Å²) < 4.78 is 16.7. The third-order valence-electron chi connectivity index (χ3n) is 8.76. The van der Waals surface area contributed by atoms with Gasteiger partial charge in [0.2, 0.25) is 0 Å². The zero-order chi connectivity index (χ0) is 34.0. The number of carbonyl (C=O) groups excluding carboxylic acids is 2. The van der Waals surface area contributed by atoms with Gasteiger partial charge in [-0.15, -0.1) is 0 Å². The van der Waals surface area contributed by atoms with Crippen LogP contribution in [-0.2, 0) is 25.4 Å². The van der Waals surface area contributed by atoms with E-state index in [2.05, 4.69) is 15.5 Å². The number of nitrogens with one attached hydrogen (secondary N) is 2. The number of phenolic OH excluding ortho intramolecular Hbond substituents is 2. The molecule has 0 spiro atoms. The zero-order valence-corrected chi connectivity index (χ0v) is 27.9. The number of hydrogen-bond acceptors (Lipinski definition) is 10. The summed E-state index contributed by atoms with van der Waals surface area (Å²) in [4.78, 5) is 27.3. The fraction of sp³-hybridized carbons (Fsp3) is 0.588. The summed E-state index contributed by atoms with van der Waals surface area (Å²) in [6.45, 7) is 10.6. The second kappa shape index (κ2) is 17.4. The molecule has 2 bridgehead atoms. The van der Waals surface area contributed by atoms with Crippen LogP contribution in [0.3, 0.4) is 0 Å². The number of likely N-dealkylation sites (tertiary alicyclic amines) is 1. The van der Waals surface area contributed by atoms with E-state index in [1.165, 1.54) is 33.1 Å². The van der Waals surface area contributed by atoms with E-state index < -0.39 is 42.3 Å². The summed E-state index contributed by atoms with van der Waals surface area (Å²) >= 11 is 0. The minimum absolute atomic E-state index is 0.0749. The molecule has 1 fully saturated rings. The number of hydrogen-bond donors (Lipinski definition) is 6. The zero-order valence-electron chi connectivity index (χ0n) is 27.9. The Morgan fingerprint density at radius 3 is 2.48 bits per heavy atom. The number of benzene rings is 1. The van der Waals surface area contributed by atoms with Crippen LogP contribution in [-0.4, -0.2) is 97.0 Å². The van der Waals surface area contributed by atoms with Crippen LogP contribution < -0.4 is 16.4 Å². The van der Waals surface area contributed by atoms with E-state index in [0.29, 0.717) is 41.8 Å². The third kappa shape index (κ3) is 9.96. The lowest BCUT2D eigenvalue weighted by molar-refractivity contribution is -0.112. The summed E-state index contributed by atoms with van der Waals surface area (Å²) in [6.07, 6.45) is 5.52. The Bertz CT molecular complexity index is 1290. The highest BCUT2D eigenvalue weighted by atomic mass is 16.6. The molecule has 2 amide bonds. The van der Waals surface area contributed by atoms with Crippen LogP contribution in [0.1, 0.15) is 52.5 Å². The van der Waals surface area contributed by atoms with Gasteiger partial charge in [-0.25, -0.2) is 4.79 Å². The van der Waals surface area contributed by atoms with E-state index in [1.807, 2.05) is 13.8 Å². The lowest BCUT2D eigenvalue weighted by Gasteiger charge is -2.29. The molecule has 0 saturated carbocycles. The number of aliphatic hydroxyl groups is 1. The number of nitrogens with two attached hydrogens (primary N) is 1. The highest BCUT2D eigenvalue weighted by molar-refractivity contribution is 6.04. The molecule has 7 N–H and O–H groups in total. The van der Waals surface area contributed by atoms with E-state index in [4.69, 9.17) is 19.9 Å². The molecule has 2 aliphatic rings. The molecule has 3 rings (SSSR count). The normalized spacial score (nSPS) is 30.0. The van der Waals surface area contributed by atoms with Gasteiger partial charge in [0, 0.05) is 50.4 Å². The maximum absolute atomic E-state index is 13.2. The standard InChI is InChI=1S/C34H52N4O8/c1-20-16-24-29(36-12-15-38-13-7-8-14-38)26(39)19-25(31(24)41)37-33(42)21(2)10-9-11-27(44-5)32(46-34(35)43)23(4)18-22(3)30(40)28(17-20)45-6/h9-11,18-20,22,27-28,30,32,36,39-41H,7-8,12-17H2,1-6H3,(H2,35,43)(H,37,42)/b11-9-,21-10+,23-18+/t20-,22+,27+,28+,30-,32+/m1/s1. The van der Waals surface area contributed by atoms with Crippen LogP contribution in [0.2, 0.25) is 0 Å². The van der Waals surface area contributed by atoms with Crippen molar-refractivity contribution in [1.29, 1.82) is 0 Å². The molecular weight excluding hydrogens is 592 g/mol. The average Bonchev–Trinajstić information content (AvgIpc) is 3.53. The number of amides is 2.